The van der Waals surface area contributed by atoms with Crippen LogP contribution in [-0.2, 0) is 0 Å². The molecule has 4 nitrogen and oxygen atoms in total. The first-order valence-corrected chi connectivity index (χ1v) is 5.15. The van der Waals surface area contributed by atoms with Gasteiger partial charge in [-0.25, -0.2) is 0 Å². The molecule has 4 heteroatoms. The summed E-state index contributed by atoms with van der Waals surface area (Å²) >= 11 is 0. The number of hydrogen-bond acceptors (Lipinski definition) is 4. The zero-order valence-electron chi connectivity index (χ0n) is 9.49. The standard InChI is InChI=1S/C11H18N2O2/c1-4-14-10-6-5-9(12)11(13-10)15-7-8(2)3/h5-6,8H,4,7,12H2,1-3H3. The topological polar surface area (TPSA) is 57.4 Å². The highest BCUT2D eigenvalue weighted by Crippen LogP contribution is 2.22. The Morgan fingerprint density at radius 2 is 2.07 bits per heavy atom. The summed E-state index contributed by atoms with van der Waals surface area (Å²) in [6.45, 7) is 7.24. The second-order valence-electron chi connectivity index (χ2n) is 3.68. The Kier molecular flexibility index (Phi) is 4.21. The van der Waals surface area contributed by atoms with E-state index in [2.05, 4.69) is 18.8 Å². The van der Waals surface area contributed by atoms with Gasteiger partial charge in [0.2, 0.25) is 11.8 Å². The maximum atomic E-state index is 5.73. The molecule has 0 aliphatic rings. The average molecular weight is 210 g/mol. The van der Waals surface area contributed by atoms with Crippen molar-refractivity contribution in [1.82, 2.24) is 4.98 Å². The number of rotatable bonds is 5. The summed E-state index contributed by atoms with van der Waals surface area (Å²) in [4.78, 5) is 4.16. The van der Waals surface area contributed by atoms with Crippen molar-refractivity contribution in [2.75, 3.05) is 18.9 Å². The minimum atomic E-state index is 0.446. The molecule has 0 radical (unpaired) electrons. The maximum absolute atomic E-state index is 5.73. The number of pyridine rings is 1. The monoisotopic (exact) mass is 210 g/mol. The molecule has 0 aromatic carbocycles. The van der Waals surface area contributed by atoms with Gasteiger partial charge in [-0.2, -0.15) is 4.98 Å². The lowest BCUT2D eigenvalue weighted by Crippen LogP contribution is -2.08. The SMILES string of the molecule is CCOc1ccc(N)c(OCC(C)C)n1. The molecule has 0 aliphatic heterocycles. The molecular weight excluding hydrogens is 192 g/mol. The van der Waals surface area contributed by atoms with Gasteiger partial charge in [0.15, 0.2) is 0 Å². The lowest BCUT2D eigenvalue weighted by molar-refractivity contribution is 0.255. The fourth-order valence-electron chi connectivity index (χ4n) is 1.02. The molecule has 0 amide bonds. The molecule has 0 saturated heterocycles. The van der Waals surface area contributed by atoms with Crippen LogP contribution in [0.3, 0.4) is 0 Å². The fraction of sp³-hybridized carbons (Fsp3) is 0.545. The van der Waals surface area contributed by atoms with Crippen LogP contribution in [0, 0.1) is 5.92 Å². The van der Waals surface area contributed by atoms with Gasteiger partial charge >= 0.3 is 0 Å². The van der Waals surface area contributed by atoms with E-state index in [4.69, 9.17) is 15.2 Å². The minimum absolute atomic E-state index is 0.446. The molecule has 1 aromatic rings. The summed E-state index contributed by atoms with van der Waals surface area (Å²) in [5.41, 5.74) is 6.27. The van der Waals surface area contributed by atoms with Crippen molar-refractivity contribution in [2.45, 2.75) is 20.8 Å². The van der Waals surface area contributed by atoms with E-state index in [9.17, 15) is 0 Å². The van der Waals surface area contributed by atoms with Gasteiger partial charge < -0.3 is 15.2 Å². The molecule has 0 aliphatic carbocycles. The highest BCUT2D eigenvalue weighted by molar-refractivity contribution is 5.49. The van der Waals surface area contributed by atoms with E-state index in [1.165, 1.54) is 0 Å². The van der Waals surface area contributed by atoms with Gasteiger partial charge in [0.05, 0.1) is 18.9 Å². The molecule has 0 unspecified atom stereocenters. The summed E-state index contributed by atoms with van der Waals surface area (Å²) in [5, 5.41) is 0. The van der Waals surface area contributed by atoms with Gasteiger partial charge in [0.25, 0.3) is 0 Å². The Bertz CT molecular complexity index is 313. The molecule has 2 N–H and O–H groups in total. The molecule has 1 aromatic heterocycles. The van der Waals surface area contributed by atoms with Crippen molar-refractivity contribution in [3.8, 4) is 11.8 Å². The van der Waals surface area contributed by atoms with E-state index in [0.29, 0.717) is 36.6 Å². The number of nitrogen functional groups attached to an aromatic ring is 1. The molecular formula is C11H18N2O2. The van der Waals surface area contributed by atoms with Crippen molar-refractivity contribution in [3.05, 3.63) is 12.1 Å². The van der Waals surface area contributed by atoms with Gasteiger partial charge in [0, 0.05) is 6.07 Å². The van der Waals surface area contributed by atoms with Crippen molar-refractivity contribution in [3.63, 3.8) is 0 Å². The third-order valence-corrected chi connectivity index (χ3v) is 1.71. The van der Waals surface area contributed by atoms with Gasteiger partial charge in [0.1, 0.15) is 0 Å². The summed E-state index contributed by atoms with van der Waals surface area (Å²) in [7, 11) is 0. The number of nitrogens with zero attached hydrogens (tertiary/aromatic N) is 1. The zero-order valence-corrected chi connectivity index (χ0v) is 9.49. The quantitative estimate of drug-likeness (QED) is 0.808. The molecule has 0 bridgehead atoms. The number of aromatic nitrogens is 1. The van der Waals surface area contributed by atoms with Crippen molar-refractivity contribution in [2.24, 2.45) is 5.92 Å². The van der Waals surface area contributed by atoms with Crippen LogP contribution in [0.2, 0.25) is 0 Å². The second kappa shape index (κ2) is 5.44. The summed E-state index contributed by atoms with van der Waals surface area (Å²) in [6.07, 6.45) is 0. The van der Waals surface area contributed by atoms with E-state index < -0.39 is 0 Å². The third kappa shape index (κ3) is 3.65. The zero-order chi connectivity index (χ0) is 11.3. The normalized spacial score (nSPS) is 10.4. The summed E-state index contributed by atoms with van der Waals surface area (Å²) in [5.74, 6) is 1.45. The van der Waals surface area contributed by atoms with Crippen molar-refractivity contribution in [1.29, 1.82) is 0 Å². The highest BCUT2D eigenvalue weighted by atomic mass is 16.5. The summed E-state index contributed by atoms with van der Waals surface area (Å²) < 4.78 is 10.7. The van der Waals surface area contributed by atoms with Crippen LogP contribution in [0.5, 0.6) is 11.8 Å². The Morgan fingerprint density at radius 3 is 2.67 bits per heavy atom. The average Bonchev–Trinajstić information content (AvgIpc) is 2.19. The lowest BCUT2D eigenvalue weighted by Gasteiger charge is -2.11. The van der Waals surface area contributed by atoms with Crippen molar-refractivity contribution < 1.29 is 9.47 Å². The Morgan fingerprint density at radius 1 is 1.33 bits per heavy atom. The number of anilines is 1. The second-order valence-corrected chi connectivity index (χ2v) is 3.68. The number of ether oxygens (including phenoxy) is 2. The molecule has 15 heavy (non-hydrogen) atoms. The van der Waals surface area contributed by atoms with Gasteiger partial charge in [-0.05, 0) is 18.9 Å². The smallest absolute Gasteiger partial charge is 0.240 e. The first-order valence-electron chi connectivity index (χ1n) is 5.15. The van der Waals surface area contributed by atoms with Gasteiger partial charge in [-0.15, -0.1) is 0 Å². The molecule has 1 rings (SSSR count). The predicted octanol–water partition coefficient (Wildman–Crippen LogP) is 2.10. The number of hydrogen-bond donors (Lipinski definition) is 1. The first kappa shape index (κ1) is 11.6. The van der Waals surface area contributed by atoms with E-state index in [0.717, 1.165) is 0 Å². The Hall–Kier alpha value is -1.45. The van der Waals surface area contributed by atoms with Crippen LogP contribution in [0.1, 0.15) is 20.8 Å². The molecule has 0 atom stereocenters. The fourth-order valence-corrected chi connectivity index (χ4v) is 1.02. The van der Waals surface area contributed by atoms with E-state index >= 15 is 0 Å². The maximum Gasteiger partial charge on any atom is 0.240 e. The first-order chi connectivity index (χ1) is 7.13. The molecule has 0 saturated carbocycles. The molecule has 84 valence electrons. The van der Waals surface area contributed by atoms with Crippen LogP contribution in [0.4, 0.5) is 5.69 Å². The summed E-state index contributed by atoms with van der Waals surface area (Å²) in [6, 6.07) is 3.48. The van der Waals surface area contributed by atoms with Crippen LogP contribution in [0.25, 0.3) is 0 Å². The lowest BCUT2D eigenvalue weighted by atomic mass is 10.2. The van der Waals surface area contributed by atoms with Crippen LogP contribution < -0.4 is 15.2 Å². The van der Waals surface area contributed by atoms with Gasteiger partial charge in [-0.3, -0.25) is 0 Å². The van der Waals surface area contributed by atoms with E-state index in [1.54, 1.807) is 12.1 Å². The molecule has 0 fully saturated rings. The number of nitrogens with two attached hydrogens (primary N) is 1. The van der Waals surface area contributed by atoms with E-state index in [1.807, 2.05) is 6.92 Å². The third-order valence-electron chi connectivity index (χ3n) is 1.71. The highest BCUT2D eigenvalue weighted by Gasteiger charge is 2.05. The van der Waals surface area contributed by atoms with Crippen molar-refractivity contribution >= 4 is 5.69 Å². The van der Waals surface area contributed by atoms with Gasteiger partial charge in [-0.1, -0.05) is 13.8 Å². The molecule has 0 spiro atoms. The minimum Gasteiger partial charge on any atom is -0.478 e. The predicted molar refractivity (Wildman–Crippen MR) is 60.2 cm³/mol. The van der Waals surface area contributed by atoms with Crippen LogP contribution in [-0.4, -0.2) is 18.2 Å². The van der Waals surface area contributed by atoms with Crippen LogP contribution >= 0.6 is 0 Å². The van der Waals surface area contributed by atoms with E-state index in [-0.39, 0.29) is 0 Å². The Balaban J connectivity index is 2.71. The van der Waals surface area contributed by atoms with Crippen LogP contribution in [0.15, 0.2) is 12.1 Å². The Labute approximate surface area is 90.4 Å². The largest absolute Gasteiger partial charge is 0.478 e. The molecule has 1 heterocycles.